The maximum Gasteiger partial charge on any atom is 0.203 e. The van der Waals surface area contributed by atoms with Crippen molar-refractivity contribution in [1.29, 1.82) is 0 Å². The van der Waals surface area contributed by atoms with Gasteiger partial charge in [0.15, 0.2) is 18.2 Å². The molecule has 102 valence electrons. The average Bonchev–Trinajstić information content (AvgIpc) is 2.81. The molecule has 5 heteroatoms. The van der Waals surface area contributed by atoms with Gasteiger partial charge in [0.1, 0.15) is 18.1 Å². The molecule has 1 aliphatic rings. The Morgan fingerprint density at radius 3 is 2.75 bits per heavy atom. The van der Waals surface area contributed by atoms with Crippen LogP contribution in [0.3, 0.4) is 0 Å². The minimum Gasteiger partial charge on any atom is -0.489 e. The van der Waals surface area contributed by atoms with Crippen molar-refractivity contribution in [2.24, 2.45) is 0 Å². The molecular formula is C15H10F2O3. The molecule has 0 fully saturated rings. The molecular weight excluding hydrogens is 266 g/mol. The zero-order valence-corrected chi connectivity index (χ0v) is 10.4. The molecule has 3 rings (SSSR count). The predicted octanol–water partition coefficient (Wildman–Crippen LogP) is 3.12. The number of benzene rings is 2. The summed E-state index contributed by atoms with van der Waals surface area (Å²) >= 11 is 0. The Hall–Kier alpha value is -2.43. The fraction of sp³-hybridized carbons (Fsp3) is 0.133. The Morgan fingerprint density at radius 2 is 1.95 bits per heavy atom. The van der Waals surface area contributed by atoms with E-state index in [1.165, 1.54) is 6.07 Å². The van der Waals surface area contributed by atoms with E-state index in [2.05, 4.69) is 0 Å². The summed E-state index contributed by atoms with van der Waals surface area (Å²) in [5.74, 6) is -0.875. The highest BCUT2D eigenvalue weighted by Gasteiger charge is 2.21. The smallest absolute Gasteiger partial charge is 0.203 e. The van der Waals surface area contributed by atoms with Crippen LogP contribution in [0.2, 0.25) is 0 Å². The molecule has 3 nitrogen and oxygen atoms in total. The fourth-order valence-corrected chi connectivity index (χ4v) is 1.96. The summed E-state index contributed by atoms with van der Waals surface area (Å²) in [6.45, 7) is 0.145. The van der Waals surface area contributed by atoms with Crippen molar-refractivity contribution in [2.45, 2.75) is 6.61 Å². The number of halogens is 2. The fourth-order valence-electron chi connectivity index (χ4n) is 1.96. The van der Waals surface area contributed by atoms with Crippen molar-refractivity contribution in [3.05, 3.63) is 59.2 Å². The van der Waals surface area contributed by atoms with Crippen LogP contribution in [0, 0.1) is 11.6 Å². The third-order valence-corrected chi connectivity index (χ3v) is 3.00. The lowest BCUT2D eigenvalue weighted by atomic mass is 10.1. The van der Waals surface area contributed by atoms with Gasteiger partial charge < -0.3 is 9.47 Å². The summed E-state index contributed by atoms with van der Waals surface area (Å²) in [5.41, 5.74) is 1.05. The largest absolute Gasteiger partial charge is 0.489 e. The van der Waals surface area contributed by atoms with Gasteiger partial charge in [-0.3, -0.25) is 4.79 Å². The Labute approximate surface area is 113 Å². The van der Waals surface area contributed by atoms with E-state index in [9.17, 15) is 13.6 Å². The van der Waals surface area contributed by atoms with Crippen LogP contribution in [0.4, 0.5) is 8.78 Å². The lowest BCUT2D eigenvalue weighted by molar-refractivity contribution is 0.0961. The third kappa shape index (κ3) is 2.34. The zero-order valence-electron chi connectivity index (χ0n) is 10.4. The van der Waals surface area contributed by atoms with Crippen LogP contribution < -0.4 is 9.47 Å². The zero-order chi connectivity index (χ0) is 14.1. The van der Waals surface area contributed by atoms with Gasteiger partial charge in [-0.2, -0.15) is 0 Å². The standard InChI is InChI=1S/C15H10F2O3/c16-12-4-1-9(5-13(12)17)7-19-10-2-3-11-14(18)8-20-15(11)6-10/h1-6H,7-8H2. The lowest BCUT2D eigenvalue weighted by Gasteiger charge is -2.07. The summed E-state index contributed by atoms with van der Waals surface area (Å²) in [6, 6.07) is 8.48. The Bertz CT molecular complexity index is 683. The Kier molecular flexibility index (Phi) is 3.10. The van der Waals surface area contributed by atoms with Gasteiger partial charge >= 0.3 is 0 Å². The molecule has 0 aromatic heterocycles. The minimum atomic E-state index is -0.908. The van der Waals surface area contributed by atoms with Gasteiger partial charge in [0, 0.05) is 6.07 Å². The van der Waals surface area contributed by atoms with Crippen molar-refractivity contribution >= 4 is 5.78 Å². The van der Waals surface area contributed by atoms with E-state index in [0.717, 1.165) is 12.1 Å². The Morgan fingerprint density at radius 1 is 1.10 bits per heavy atom. The second-order valence-electron chi connectivity index (χ2n) is 4.41. The number of ether oxygens (including phenoxy) is 2. The van der Waals surface area contributed by atoms with Crippen molar-refractivity contribution in [3.8, 4) is 11.5 Å². The van der Waals surface area contributed by atoms with Crippen LogP contribution in [0.1, 0.15) is 15.9 Å². The number of rotatable bonds is 3. The van der Waals surface area contributed by atoms with E-state index >= 15 is 0 Å². The highest BCUT2D eigenvalue weighted by molar-refractivity contribution is 6.02. The molecule has 1 aliphatic heterocycles. The van der Waals surface area contributed by atoms with E-state index in [-0.39, 0.29) is 19.0 Å². The summed E-state index contributed by atoms with van der Waals surface area (Å²) < 4.78 is 36.5. The quantitative estimate of drug-likeness (QED) is 0.864. The van der Waals surface area contributed by atoms with E-state index in [1.807, 2.05) is 0 Å². The SMILES string of the molecule is O=C1COc2cc(OCc3ccc(F)c(F)c3)ccc21. The average molecular weight is 276 g/mol. The third-order valence-electron chi connectivity index (χ3n) is 3.00. The second kappa shape index (κ2) is 4.92. The van der Waals surface area contributed by atoms with Gasteiger partial charge in [-0.15, -0.1) is 0 Å². The maximum absolute atomic E-state index is 13.0. The number of hydrogen-bond acceptors (Lipinski definition) is 3. The Balaban J connectivity index is 1.72. The monoisotopic (exact) mass is 276 g/mol. The molecule has 0 radical (unpaired) electrons. The second-order valence-corrected chi connectivity index (χ2v) is 4.41. The van der Waals surface area contributed by atoms with Crippen molar-refractivity contribution in [1.82, 2.24) is 0 Å². The molecule has 1 heterocycles. The summed E-state index contributed by atoms with van der Waals surface area (Å²) in [5, 5.41) is 0. The van der Waals surface area contributed by atoms with Crippen LogP contribution in [0.15, 0.2) is 36.4 Å². The minimum absolute atomic E-state index is 0.0436. The molecule has 0 unspecified atom stereocenters. The van der Waals surface area contributed by atoms with Crippen molar-refractivity contribution in [3.63, 3.8) is 0 Å². The molecule has 20 heavy (non-hydrogen) atoms. The number of ketones is 1. The van der Waals surface area contributed by atoms with E-state index < -0.39 is 11.6 Å². The summed E-state index contributed by atoms with van der Waals surface area (Å²) in [6.07, 6.45) is 0. The van der Waals surface area contributed by atoms with Crippen molar-refractivity contribution in [2.75, 3.05) is 6.61 Å². The first-order chi connectivity index (χ1) is 9.63. The topological polar surface area (TPSA) is 35.5 Å². The van der Waals surface area contributed by atoms with Crippen LogP contribution >= 0.6 is 0 Å². The summed E-state index contributed by atoms with van der Waals surface area (Å²) in [4.78, 5) is 11.4. The first-order valence-corrected chi connectivity index (χ1v) is 6.00. The van der Waals surface area contributed by atoms with E-state index in [4.69, 9.17) is 9.47 Å². The first kappa shape index (κ1) is 12.6. The van der Waals surface area contributed by atoms with Gasteiger partial charge in [-0.25, -0.2) is 8.78 Å². The normalized spacial score (nSPS) is 13.0. The molecule has 0 aliphatic carbocycles. The summed E-state index contributed by atoms with van der Waals surface area (Å²) in [7, 11) is 0. The highest BCUT2D eigenvalue weighted by Crippen LogP contribution is 2.29. The number of carbonyl (C=O) groups is 1. The van der Waals surface area contributed by atoms with E-state index in [0.29, 0.717) is 22.6 Å². The molecule has 0 atom stereocenters. The number of hydrogen-bond donors (Lipinski definition) is 0. The molecule has 0 saturated carbocycles. The van der Waals surface area contributed by atoms with Gasteiger partial charge in [-0.05, 0) is 29.8 Å². The molecule has 0 amide bonds. The van der Waals surface area contributed by atoms with Gasteiger partial charge in [0.05, 0.1) is 5.56 Å². The van der Waals surface area contributed by atoms with E-state index in [1.54, 1.807) is 18.2 Å². The van der Waals surface area contributed by atoms with Gasteiger partial charge in [0.25, 0.3) is 0 Å². The molecule has 2 aromatic rings. The maximum atomic E-state index is 13.0. The number of carbonyl (C=O) groups excluding carboxylic acids is 1. The van der Waals surface area contributed by atoms with Gasteiger partial charge in [-0.1, -0.05) is 6.07 Å². The van der Waals surface area contributed by atoms with Crippen molar-refractivity contribution < 1.29 is 23.0 Å². The molecule has 0 N–H and O–H groups in total. The molecule has 0 saturated heterocycles. The van der Waals surface area contributed by atoms with Gasteiger partial charge in [0.2, 0.25) is 5.78 Å². The highest BCUT2D eigenvalue weighted by atomic mass is 19.2. The van der Waals surface area contributed by atoms with Crippen LogP contribution in [-0.4, -0.2) is 12.4 Å². The number of fused-ring (bicyclic) bond motifs is 1. The number of Topliss-reactive ketones (excluding diaryl/α,β-unsaturated/α-hetero) is 1. The van der Waals surface area contributed by atoms with Crippen LogP contribution in [-0.2, 0) is 6.61 Å². The predicted molar refractivity (Wildman–Crippen MR) is 67.0 cm³/mol. The first-order valence-electron chi connectivity index (χ1n) is 6.00. The van der Waals surface area contributed by atoms with Crippen LogP contribution in [0.25, 0.3) is 0 Å². The lowest BCUT2D eigenvalue weighted by Crippen LogP contribution is -1.98. The van der Waals surface area contributed by atoms with Crippen LogP contribution in [0.5, 0.6) is 11.5 Å². The molecule has 2 aromatic carbocycles. The molecule has 0 bridgehead atoms. The molecule has 0 spiro atoms.